The second-order valence-electron chi connectivity index (χ2n) is 6.27. The van der Waals surface area contributed by atoms with Crippen molar-refractivity contribution in [3.63, 3.8) is 0 Å². The molecule has 2 aromatic carbocycles. The van der Waals surface area contributed by atoms with Crippen molar-refractivity contribution in [3.05, 3.63) is 66.2 Å². The molecule has 1 amide bonds. The van der Waals surface area contributed by atoms with Crippen LogP contribution in [0.4, 0.5) is 0 Å². The molecular formula is C19H20N4O. The third-order valence-electron chi connectivity index (χ3n) is 4.59. The molecule has 0 spiro atoms. The highest BCUT2D eigenvalue weighted by Crippen LogP contribution is 2.22. The summed E-state index contributed by atoms with van der Waals surface area (Å²) in [6.45, 7) is 2.12. The van der Waals surface area contributed by atoms with E-state index in [1.54, 1.807) is 12.5 Å². The monoisotopic (exact) mass is 320 g/mol. The highest BCUT2D eigenvalue weighted by molar-refractivity contribution is 5.86. The number of benzene rings is 2. The minimum absolute atomic E-state index is 0.191. The quantitative estimate of drug-likeness (QED) is 0.759. The van der Waals surface area contributed by atoms with E-state index in [0.29, 0.717) is 19.5 Å². The molecule has 1 aliphatic rings. The number of nitrogens with zero attached hydrogens (tertiary/aromatic N) is 2. The van der Waals surface area contributed by atoms with Crippen LogP contribution in [0.25, 0.3) is 10.8 Å². The lowest BCUT2D eigenvalue weighted by Gasteiger charge is -2.18. The number of hydrogen-bond acceptors (Lipinski definition) is 3. The van der Waals surface area contributed by atoms with Crippen LogP contribution in [0.5, 0.6) is 0 Å². The molecule has 5 nitrogen and oxygen atoms in total. The Hall–Kier alpha value is -2.66. The van der Waals surface area contributed by atoms with Crippen molar-refractivity contribution in [2.24, 2.45) is 0 Å². The summed E-state index contributed by atoms with van der Waals surface area (Å²) in [6.07, 6.45) is 4.03. The van der Waals surface area contributed by atoms with Crippen LogP contribution in [0.15, 0.2) is 55.0 Å². The van der Waals surface area contributed by atoms with Gasteiger partial charge in [-0.05, 0) is 16.3 Å². The minimum Gasteiger partial charge on any atom is -0.347 e. The molecule has 0 aliphatic carbocycles. The molecular weight excluding hydrogens is 300 g/mol. The van der Waals surface area contributed by atoms with Gasteiger partial charge in [-0.3, -0.25) is 4.79 Å². The van der Waals surface area contributed by atoms with Crippen LogP contribution in [0.2, 0.25) is 0 Å². The summed E-state index contributed by atoms with van der Waals surface area (Å²) in [5.41, 5.74) is 2.24. The van der Waals surface area contributed by atoms with E-state index in [2.05, 4.69) is 45.6 Å². The molecule has 5 heteroatoms. The molecule has 1 saturated heterocycles. The summed E-state index contributed by atoms with van der Waals surface area (Å²) >= 11 is 0. The molecule has 0 bridgehead atoms. The number of hydrogen-bond donors (Lipinski definition) is 2. The molecule has 1 aromatic heterocycles. The van der Waals surface area contributed by atoms with Gasteiger partial charge in [-0.2, -0.15) is 0 Å². The Morgan fingerprint density at radius 2 is 2.08 bits per heavy atom. The highest BCUT2D eigenvalue weighted by Gasteiger charge is 2.29. The van der Waals surface area contributed by atoms with Gasteiger partial charge < -0.3 is 15.2 Å². The van der Waals surface area contributed by atoms with E-state index in [1.807, 2.05) is 17.0 Å². The van der Waals surface area contributed by atoms with Gasteiger partial charge in [0.25, 0.3) is 0 Å². The van der Waals surface area contributed by atoms with Gasteiger partial charge in [0, 0.05) is 44.0 Å². The Bertz CT molecular complexity index is 838. The van der Waals surface area contributed by atoms with Crippen LogP contribution in [0, 0.1) is 0 Å². The fourth-order valence-electron chi connectivity index (χ4n) is 3.33. The van der Waals surface area contributed by atoms with E-state index in [9.17, 15) is 4.79 Å². The summed E-state index contributed by atoms with van der Waals surface area (Å²) in [5.74, 6) is 0.213. The van der Waals surface area contributed by atoms with Gasteiger partial charge >= 0.3 is 0 Å². The number of H-pyrrole nitrogens is 1. The zero-order valence-electron chi connectivity index (χ0n) is 13.4. The maximum Gasteiger partial charge on any atom is 0.224 e. The molecule has 2 heterocycles. The Morgan fingerprint density at radius 1 is 1.21 bits per heavy atom. The fourth-order valence-corrected chi connectivity index (χ4v) is 3.33. The van der Waals surface area contributed by atoms with Crippen molar-refractivity contribution in [2.75, 3.05) is 6.54 Å². The molecule has 24 heavy (non-hydrogen) atoms. The van der Waals surface area contributed by atoms with Crippen LogP contribution in [0.3, 0.4) is 0 Å². The number of imidazole rings is 1. The summed E-state index contributed by atoms with van der Waals surface area (Å²) in [6, 6.07) is 14.8. The van der Waals surface area contributed by atoms with E-state index >= 15 is 0 Å². The minimum atomic E-state index is 0.191. The predicted octanol–water partition coefficient (Wildman–Crippen LogP) is 2.45. The molecule has 122 valence electrons. The topological polar surface area (TPSA) is 61.0 Å². The van der Waals surface area contributed by atoms with Crippen molar-refractivity contribution >= 4 is 16.7 Å². The number of likely N-dealkylation sites (tertiary alicyclic amines) is 1. The van der Waals surface area contributed by atoms with Crippen LogP contribution in [-0.4, -0.2) is 33.4 Å². The lowest BCUT2D eigenvalue weighted by Crippen LogP contribution is -2.32. The summed E-state index contributed by atoms with van der Waals surface area (Å²) in [7, 11) is 0. The van der Waals surface area contributed by atoms with E-state index in [0.717, 1.165) is 12.2 Å². The SMILES string of the molecule is O=C1C[C@@H](NCc2cnc[nH]2)CN1Cc1cccc2ccccc12. The maximum atomic E-state index is 12.4. The average Bonchev–Trinajstić information content (AvgIpc) is 3.24. The van der Waals surface area contributed by atoms with Crippen LogP contribution in [-0.2, 0) is 17.9 Å². The van der Waals surface area contributed by atoms with Gasteiger partial charge in [0.1, 0.15) is 0 Å². The molecule has 4 rings (SSSR count). The first-order chi connectivity index (χ1) is 11.8. The zero-order chi connectivity index (χ0) is 16.4. The first-order valence-corrected chi connectivity index (χ1v) is 8.24. The maximum absolute atomic E-state index is 12.4. The number of nitrogens with one attached hydrogen (secondary N) is 2. The molecule has 0 radical (unpaired) electrons. The van der Waals surface area contributed by atoms with Gasteiger partial charge in [0.15, 0.2) is 0 Å². The van der Waals surface area contributed by atoms with E-state index < -0.39 is 0 Å². The average molecular weight is 320 g/mol. The van der Waals surface area contributed by atoms with Gasteiger partial charge in [0.05, 0.1) is 6.33 Å². The van der Waals surface area contributed by atoms with Crippen molar-refractivity contribution in [1.82, 2.24) is 20.2 Å². The number of carbonyl (C=O) groups excluding carboxylic acids is 1. The normalized spacial score (nSPS) is 17.8. The van der Waals surface area contributed by atoms with Gasteiger partial charge in [-0.15, -0.1) is 0 Å². The molecule has 2 N–H and O–H groups in total. The number of rotatable bonds is 5. The molecule has 1 atom stereocenters. The highest BCUT2D eigenvalue weighted by atomic mass is 16.2. The molecule has 0 unspecified atom stereocenters. The van der Waals surface area contributed by atoms with Crippen LogP contribution < -0.4 is 5.32 Å². The Morgan fingerprint density at radius 3 is 2.96 bits per heavy atom. The molecule has 1 fully saturated rings. The number of carbonyl (C=O) groups is 1. The van der Waals surface area contributed by atoms with Gasteiger partial charge in [0.2, 0.25) is 5.91 Å². The summed E-state index contributed by atoms with van der Waals surface area (Å²) in [5, 5.41) is 5.88. The van der Waals surface area contributed by atoms with Crippen molar-refractivity contribution < 1.29 is 4.79 Å². The van der Waals surface area contributed by atoms with Gasteiger partial charge in [-0.1, -0.05) is 42.5 Å². The lowest BCUT2D eigenvalue weighted by atomic mass is 10.0. The Kier molecular flexibility index (Phi) is 4.01. The third-order valence-corrected chi connectivity index (χ3v) is 4.59. The Balaban J connectivity index is 1.44. The number of aromatic nitrogens is 2. The largest absolute Gasteiger partial charge is 0.347 e. The Labute approximate surface area is 140 Å². The fraction of sp³-hybridized carbons (Fsp3) is 0.263. The second kappa shape index (κ2) is 6.45. The predicted molar refractivity (Wildman–Crippen MR) is 93.2 cm³/mol. The van der Waals surface area contributed by atoms with E-state index in [4.69, 9.17) is 0 Å². The molecule has 0 saturated carbocycles. The second-order valence-corrected chi connectivity index (χ2v) is 6.27. The molecule has 3 aromatic rings. The summed E-state index contributed by atoms with van der Waals surface area (Å²) in [4.78, 5) is 21.4. The van der Waals surface area contributed by atoms with Gasteiger partial charge in [-0.25, -0.2) is 4.98 Å². The van der Waals surface area contributed by atoms with Crippen molar-refractivity contribution in [3.8, 4) is 0 Å². The third kappa shape index (κ3) is 3.03. The van der Waals surface area contributed by atoms with E-state index in [1.165, 1.54) is 16.3 Å². The zero-order valence-corrected chi connectivity index (χ0v) is 13.4. The van der Waals surface area contributed by atoms with Crippen LogP contribution in [0.1, 0.15) is 17.7 Å². The van der Waals surface area contributed by atoms with Crippen LogP contribution >= 0.6 is 0 Å². The lowest BCUT2D eigenvalue weighted by molar-refractivity contribution is -0.128. The van der Waals surface area contributed by atoms with Crippen molar-refractivity contribution in [2.45, 2.75) is 25.6 Å². The first kappa shape index (κ1) is 14.9. The first-order valence-electron chi connectivity index (χ1n) is 8.24. The smallest absolute Gasteiger partial charge is 0.224 e. The van der Waals surface area contributed by atoms with Crippen molar-refractivity contribution in [1.29, 1.82) is 0 Å². The standard InChI is InChI=1S/C19H20N4O/c24-19-8-16(21-10-17-9-20-13-22-17)12-23(19)11-15-6-3-5-14-4-1-2-7-18(14)15/h1-7,9,13,16,21H,8,10-12H2,(H,20,22)/t16-/m1/s1. The number of fused-ring (bicyclic) bond motifs is 1. The summed E-state index contributed by atoms with van der Waals surface area (Å²) < 4.78 is 0. The number of aromatic amines is 1. The van der Waals surface area contributed by atoms with E-state index in [-0.39, 0.29) is 11.9 Å². The number of amides is 1. The molecule has 1 aliphatic heterocycles.